The Morgan fingerprint density at radius 3 is 2.44 bits per heavy atom. The van der Waals surface area contributed by atoms with E-state index in [0.29, 0.717) is 0 Å². The summed E-state index contributed by atoms with van der Waals surface area (Å²) in [6.07, 6.45) is -1.67. The van der Waals surface area contributed by atoms with Gasteiger partial charge in [-0.25, -0.2) is 9.18 Å². The third-order valence-electron chi connectivity index (χ3n) is 0.664. The van der Waals surface area contributed by atoms with Crippen molar-refractivity contribution in [1.82, 2.24) is 0 Å². The Labute approximate surface area is 58.8 Å². The van der Waals surface area contributed by atoms with Gasteiger partial charge >= 0.3 is 5.97 Å². The lowest BCUT2D eigenvalue weighted by atomic mass is 10.4. The first-order chi connectivity index (χ1) is 3.72. The van der Waals surface area contributed by atoms with Crippen molar-refractivity contribution in [3.8, 4) is 0 Å². The fourth-order valence-corrected chi connectivity index (χ4v) is 0.224. The number of carbonyl (C=O) groups is 1. The van der Waals surface area contributed by atoms with Gasteiger partial charge in [0.25, 0.3) is 0 Å². The zero-order chi connectivity index (χ0) is 6.57. The molecule has 0 radical (unpaired) electrons. The van der Waals surface area contributed by atoms with Gasteiger partial charge in [0, 0.05) is 6.54 Å². The van der Waals surface area contributed by atoms with Crippen LogP contribution >= 0.6 is 12.4 Å². The van der Waals surface area contributed by atoms with Gasteiger partial charge in [0.05, 0.1) is 7.11 Å². The van der Waals surface area contributed by atoms with Gasteiger partial charge in [-0.05, 0) is 0 Å². The average molecular weight is 158 g/mol. The van der Waals surface area contributed by atoms with Gasteiger partial charge < -0.3 is 10.5 Å². The zero-order valence-electron chi connectivity index (χ0n) is 4.96. The molecular weight excluding hydrogens is 148 g/mol. The third-order valence-corrected chi connectivity index (χ3v) is 0.664. The fourth-order valence-electron chi connectivity index (χ4n) is 0.224. The molecule has 0 saturated carbocycles. The number of halogens is 2. The van der Waals surface area contributed by atoms with Crippen LogP contribution in [-0.4, -0.2) is 25.8 Å². The van der Waals surface area contributed by atoms with E-state index in [1.165, 1.54) is 0 Å². The molecule has 0 spiro atoms. The number of nitrogens with two attached hydrogens (primary N) is 1. The van der Waals surface area contributed by atoms with E-state index in [0.717, 1.165) is 7.11 Å². The second-order valence-electron chi connectivity index (χ2n) is 1.23. The molecule has 0 saturated heterocycles. The van der Waals surface area contributed by atoms with Gasteiger partial charge in [-0.15, -0.1) is 12.4 Å². The SMILES string of the molecule is COC(=O)[C@H](F)CN.Cl. The Morgan fingerprint density at radius 2 is 2.33 bits per heavy atom. The van der Waals surface area contributed by atoms with E-state index in [1.807, 2.05) is 0 Å². The third kappa shape index (κ3) is 4.17. The van der Waals surface area contributed by atoms with Gasteiger partial charge in [-0.3, -0.25) is 0 Å². The Balaban J connectivity index is 0. The number of ether oxygens (including phenoxy) is 1. The van der Waals surface area contributed by atoms with Crippen molar-refractivity contribution in [2.24, 2.45) is 5.73 Å². The summed E-state index contributed by atoms with van der Waals surface area (Å²) in [5.74, 6) is -0.910. The van der Waals surface area contributed by atoms with Crippen LogP contribution in [0, 0.1) is 0 Å². The van der Waals surface area contributed by atoms with Gasteiger partial charge in [0.2, 0.25) is 6.17 Å². The second-order valence-corrected chi connectivity index (χ2v) is 1.23. The summed E-state index contributed by atoms with van der Waals surface area (Å²) >= 11 is 0. The molecule has 0 heterocycles. The van der Waals surface area contributed by atoms with Crippen LogP contribution in [0.5, 0.6) is 0 Å². The number of alkyl halides is 1. The minimum absolute atomic E-state index is 0. The molecule has 0 aliphatic heterocycles. The lowest BCUT2D eigenvalue weighted by molar-refractivity contribution is -0.146. The highest BCUT2D eigenvalue weighted by molar-refractivity contribution is 5.85. The Morgan fingerprint density at radius 1 is 1.89 bits per heavy atom. The van der Waals surface area contributed by atoms with Crippen LogP contribution in [-0.2, 0) is 9.53 Å². The van der Waals surface area contributed by atoms with Crippen LogP contribution in [0.15, 0.2) is 0 Å². The molecule has 0 bridgehead atoms. The molecule has 1 atom stereocenters. The minimum atomic E-state index is -1.67. The molecule has 56 valence electrons. The average Bonchev–Trinajstić information content (AvgIpc) is 1.84. The normalized spacial score (nSPS) is 11.4. The summed E-state index contributed by atoms with van der Waals surface area (Å²) in [5.41, 5.74) is 4.77. The van der Waals surface area contributed by atoms with Gasteiger partial charge in [0.1, 0.15) is 0 Å². The molecule has 3 nitrogen and oxygen atoms in total. The van der Waals surface area contributed by atoms with Crippen molar-refractivity contribution < 1.29 is 13.9 Å². The van der Waals surface area contributed by atoms with E-state index < -0.39 is 12.1 Å². The van der Waals surface area contributed by atoms with E-state index in [2.05, 4.69) is 4.74 Å². The molecule has 0 aromatic rings. The molecule has 0 aromatic carbocycles. The quantitative estimate of drug-likeness (QED) is 0.569. The van der Waals surface area contributed by atoms with Crippen molar-refractivity contribution in [2.45, 2.75) is 6.17 Å². The topological polar surface area (TPSA) is 52.3 Å². The van der Waals surface area contributed by atoms with Gasteiger partial charge in [0.15, 0.2) is 0 Å². The maximum Gasteiger partial charge on any atom is 0.341 e. The number of hydrogen-bond acceptors (Lipinski definition) is 3. The Hall–Kier alpha value is -0.350. The van der Waals surface area contributed by atoms with E-state index in [9.17, 15) is 9.18 Å². The van der Waals surface area contributed by atoms with Gasteiger partial charge in [-0.2, -0.15) is 0 Å². The highest BCUT2D eigenvalue weighted by atomic mass is 35.5. The predicted molar refractivity (Wildman–Crippen MR) is 33.2 cm³/mol. The van der Waals surface area contributed by atoms with Crippen LogP contribution in [0.1, 0.15) is 0 Å². The number of methoxy groups -OCH3 is 1. The monoisotopic (exact) mass is 157 g/mol. The Bertz CT molecular complexity index is 90.6. The zero-order valence-corrected chi connectivity index (χ0v) is 5.78. The number of rotatable bonds is 2. The highest BCUT2D eigenvalue weighted by Crippen LogP contribution is 1.88. The standard InChI is InChI=1S/C4H8FNO2.ClH/c1-8-4(7)3(5)2-6;/h3H,2,6H2,1H3;1H/t3-;/m1./s1. The summed E-state index contributed by atoms with van der Waals surface area (Å²) < 4.78 is 15.9. The molecule has 0 rings (SSSR count). The van der Waals surface area contributed by atoms with Crippen molar-refractivity contribution in [1.29, 1.82) is 0 Å². The second kappa shape index (κ2) is 5.78. The Kier molecular flexibility index (Phi) is 7.35. The van der Waals surface area contributed by atoms with E-state index >= 15 is 0 Å². The van der Waals surface area contributed by atoms with Crippen molar-refractivity contribution >= 4 is 18.4 Å². The maximum atomic E-state index is 11.9. The predicted octanol–water partition coefficient (Wildman–Crippen LogP) is -0.122. The van der Waals surface area contributed by atoms with E-state index in [-0.39, 0.29) is 19.0 Å². The summed E-state index contributed by atoms with van der Waals surface area (Å²) in [5, 5.41) is 0. The van der Waals surface area contributed by atoms with E-state index in [1.54, 1.807) is 0 Å². The molecule has 9 heavy (non-hydrogen) atoms. The molecule has 0 unspecified atom stereocenters. The lowest BCUT2D eigenvalue weighted by Crippen LogP contribution is -2.25. The largest absolute Gasteiger partial charge is 0.467 e. The van der Waals surface area contributed by atoms with Crippen LogP contribution < -0.4 is 5.73 Å². The number of carbonyl (C=O) groups excluding carboxylic acids is 1. The van der Waals surface area contributed by atoms with Crippen molar-refractivity contribution in [3.63, 3.8) is 0 Å². The number of esters is 1. The van der Waals surface area contributed by atoms with Crippen LogP contribution in [0.4, 0.5) is 4.39 Å². The van der Waals surface area contributed by atoms with Crippen molar-refractivity contribution in [3.05, 3.63) is 0 Å². The van der Waals surface area contributed by atoms with Crippen LogP contribution in [0.25, 0.3) is 0 Å². The molecule has 5 heteroatoms. The first-order valence-corrected chi connectivity index (χ1v) is 2.14. The van der Waals surface area contributed by atoms with E-state index in [4.69, 9.17) is 5.73 Å². The molecule has 0 aliphatic rings. The first-order valence-electron chi connectivity index (χ1n) is 2.14. The molecule has 0 fully saturated rings. The van der Waals surface area contributed by atoms with Crippen molar-refractivity contribution in [2.75, 3.05) is 13.7 Å². The summed E-state index contributed by atoms with van der Waals surface area (Å²) in [6.45, 7) is -0.313. The molecule has 0 aromatic heterocycles. The number of hydrogen-bond donors (Lipinski definition) is 1. The summed E-state index contributed by atoms with van der Waals surface area (Å²) in [6, 6.07) is 0. The summed E-state index contributed by atoms with van der Waals surface area (Å²) in [7, 11) is 1.12. The van der Waals surface area contributed by atoms with Gasteiger partial charge in [-0.1, -0.05) is 0 Å². The minimum Gasteiger partial charge on any atom is -0.467 e. The lowest BCUT2D eigenvalue weighted by Gasteiger charge is -1.99. The highest BCUT2D eigenvalue weighted by Gasteiger charge is 2.13. The van der Waals surface area contributed by atoms with Crippen LogP contribution in [0.3, 0.4) is 0 Å². The van der Waals surface area contributed by atoms with Crippen LogP contribution in [0.2, 0.25) is 0 Å². The molecule has 0 aliphatic carbocycles. The smallest absolute Gasteiger partial charge is 0.341 e. The molecule has 2 N–H and O–H groups in total. The fraction of sp³-hybridized carbons (Fsp3) is 0.750. The summed E-state index contributed by atoms with van der Waals surface area (Å²) in [4.78, 5) is 10.1. The molecular formula is C4H9ClFNO2. The maximum absolute atomic E-state index is 11.9. The first kappa shape index (κ1) is 11.4. The molecule has 0 amide bonds.